The fraction of sp³-hybridized carbons (Fsp3) is 0.208. The van der Waals surface area contributed by atoms with E-state index < -0.39 is 6.23 Å². The number of fused-ring (bicyclic) bond motifs is 3. The Balaban J connectivity index is 1.56. The van der Waals surface area contributed by atoms with E-state index in [0.29, 0.717) is 16.7 Å². The number of hydrazone groups is 1. The Labute approximate surface area is 185 Å². The minimum absolute atomic E-state index is 0.0234. The van der Waals surface area contributed by atoms with Crippen LogP contribution in [-0.2, 0) is 0 Å². The summed E-state index contributed by atoms with van der Waals surface area (Å²) in [6.07, 6.45) is 0.351. The summed E-state index contributed by atoms with van der Waals surface area (Å²) in [5, 5.41) is 8.31. The Kier molecular flexibility index (Phi) is 5.05. The maximum Gasteiger partial charge on any atom is 0.215 e. The van der Waals surface area contributed by atoms with Crippen LogP contribution in [0.5, 0.6) is 11.5 Å². The van der Waals surface area contributed by atoms with E-state index in [1.54, 1.807) is 0 Å². The lowest BCUT2D eigenvalue weighted by Crippen LogP contribution is -2.33. The topological polar surface area (TPSA) is 34.1 Å². The SMILES string of the molecule is CCOc1ccc(C2=NN3[C@H](C2)c2cc(Cl)ccc2O[C@@H]3c2ccccc2Cl)cc1. The van der Waals surface area contributed by atoms with Gasteiger partial charge in [0.05, 0.1) is 18.4 Å². The number of halogens is 2. The Morgan fingerprint density at radius 1 is 1.03 bits per heavy atom. The molecule has 3 aromatic carbocycles. The van der Waals surface area contributed by atoms with Crippen LogP contribution in [0.2, 0.25) is 10.0 Å². The van der Waals surface area contributed by atoms with Crippen molar-refractivity contribution in [3.63, 3.8) is 0 Å². The number of hydrogen-bond donors (Lipinski definition) is 0. The van der Waals surface area contributed by atoms with Crippen molar-refractivity contribution in [3.8, 4) is 11.5 Å². The monoisotopic (exact) mass is 438 g/mol. The van der Waals surface area contributed by atoms with Gasteiger partial charge in [-0.25, -0.2) is 5.01 Å². The quantitative estimate of drug-likeness (QED) is 0.457. The Bertz CT molecular complexity index is 1110. The van der Waals surface area contributed by atoms with E-state index in [-0.39, 0.29) is 6.04 Å². The molecule has 6 heteroatoms. The highest BCUT2D eigenvalue weighted by molar-refractivity contribution is 6.31. The summed E-state index contributed by atoms with van der Waals surface area (Å²) in [6.45, 7) is 2.62. The van der Waals surface area contributed by atoms with Gasteiger partial charge in [0.1, 0.15) is 11.5 Å². The molecule has 0 amide bonds. The Morgan fingerprint density at radius 2 is 1.83 bits per heavy atom. The zero-order valence-corrected chi connectivity index (χ0v) is 17.9. The number of nitrogens with zero attached hydrogens (tertiary/aromatic N) is 2. The lowest BCUT2D eigenvalue weighted by Gasteiger charge is -2.38. The summed E-state index contributed by atoms with van der Waals surface area (Å²) in [7, 11) is 0. The van der Waals surface area contributed by atoms with Crippen LogP contribution < -0.4 is 9.47 Å². The van der Waals surface area contributed by atoms with E-state index in [1.807, 2.05) is 78.7 Å². The van der Waals surface area contributed by atoms with Gasteiger partial charge in [-0.05, 0) is 61.0 Å². The minimum Gasteiger partial charge on any atom is -0.494 e. The molecular formula is C24H20Cl2N2O2. The average Bonchev–Trinajstić information content (AvgIpc) is 3.20. The second kappa shape index (κ2) is 7.86. The average molecular weight is 439 g/mol. The second-order valence-corrected chi connectivity index (χ2v) is 8.12. The van der Waals surface area contributed by atoms with Crippen LogP contribution in [0.3, 0.4) is 0 Å². The van der Waals surface area contributed by atoms with E-state index in [0.717, 1.165) is 40.3 Å². The molecule has 5 rings (SSSR count). The molecule has 0 saturated carbocycles. The van der Waals surface area contributed by atoms with Crippen molar-refractivity contribution in [2.45, 2.75) is 25.6 Å². The van der Waals surface area contributed by atoms with Crippen LogP contribution in [0.4, 0.5) is 0 Å². The van der Waals surface area contributed by atoms with E-state index >= 15 is 0 Å². The van der Waals surface area contributed by atoms with Crippen molar-refractivity contribution in [1.29, 1.82) is 0 Å². The van der Waals surface area contributed by atoms with E-state index in [1.165, 1.54) is 0 Å². The third-order valence-corrected chi connectivity index (χ3v) is 6.00. The predicted molar refractivity (Wildman–Crippen MR) is 120 cm³/mol. The second-order valence-electron chi connectivity index (χ2n) is 7.28. The first-order chi connectivity index (χ1) is 14.6. The fourth-order valence-electron chi connectivity index (χ4n) is 4.02. The maximum atomic E-state index is 6.51. The van der Waals surface area contributed by atoms with Crippen molar-refractivity contribution in [2.75, 3.05) is 6.61 Å². The molecule has 2 atom stereocenters. The molecular weight excluding hydrogens is 419 g/mol. The number of benzene rings is 3. The van der Waals surface area contributed by atoms with E-state index in [4.69, 9.17) is 37.8 Å². The molecule has 0 aliphatic carbocycles. The molecule has 2 aliphatic heterocycles. The van der Waals surface area contributed by atoms with Gasteiger partial charge in [0.15, 0.2) is 0 Å². The van der Waals surface area contributed by atoms with Crippen LogP contribution in [0.15, 0.2) is 71.8 Å². The van der Waals surface area contributed by atoms with Crippen molar-refractivity contribution >= 4 is 28.9 Å². The molecule has 3 aromatic rings. The lowest BCUT2D eigenvalue weighted by molar-refractivity contribution is -0.0189. The number of ether oxygens (including phenoxy) is 2. The highest BCUT2D eigenvalue weighted by Crippen LogP contribution is 2.49. The number of rotatable bonds is 4. The molecule has 2 heterocycles. The first kappa shape index (κ1) is 19.3. The summed E-state index contributed by atoms with van der Waals surface area (Å²) in [5.74, 6) is 1.67. The van der Waals surface area contributed by atoms with Gasteiger partial charge in [0.25, 0.3) is 0 Å². The predicted octanol–water partition coefficient (Wildman–Crippen LogP) is 6.63. The normalized spacial score (nSPS) is 19.6. The minimum atomic E-state index is -0.405. The summed E-state index contributed by atoms with van der Waals surface area (Å²) in [4.78, 5) is 0. The third-order valence-electron chi connectivity index (χ3n) is 5.42. The molecule has 0 N–H and O–H groups in total. The third kappa shape index (κ3) is 3.40. The van der Waals surface area contributed by atoms with Gasteiger partial charge in [-0.2, -0.15) is 5.10 Å². The van der Waals surface area contributed by atoms with E-state index in [9.17, 15) is 0 Å². The lowest BCUT2D eigenvalue weighted by atomic mass is 9.96. The molecule has 152 valence electrons. The largest absolute Gasteiger partial charge is 0.494 e. The molecule has 0 saturated heterocycles. The standard InChI is InChI=1S/C24H20Cl2N2O2/c1-2-29-17-10-7-15(8-11-17)21-14-22-19-13-16(25)9-12-23(19)30-24(28(22)27-21)18-5-3-4-6-20(18)26/h3-13,22,24H,2,14H2,1H3/t22-,24-/m1/s1. The Hall–Kier alpha value is -2.69. The number of hydrogen-bond acceptors (Lipinski definition) is 4. The summed E-state index contributed by atoms with van der Waals surface area (Å²) in [5.41, 5.74) is 3.99. The van der Waals surface area contributed by atoms with Crippen LogP contribution in [-0.4, -0.2) is 17.3 Å². The van der Waals surface area contributed by atoms with Gasteiger partial charge < -0.3 is 9.47 Å². The molecule has 0 fully saturated rings. The van der Waals surface area contributed by atoms with Gasteiger partial charge in [-0.3, -0.25) is 0 Å². The highest BCUT2D eigenvalue weighted by Gasteiger charge is 2.41. The zero-order chi connectivity index (χ0) is 20.7. The first-order valence-electron chi connectivity index (χ1n) is 9.93. The van der Waals surface area contributed by atoms with Gasteiger partial charge in [0.2, 0.25) is 6.23 Å². The molecule has 30 heavy (non-hydrogen) atoms. The molecule has 0 spiro atoms. The van der Waals surface area contributed by atoms with Gasteiger partial charge in [-0.1, -0.05) is 41.4 Å². The van der Waals surface area contributed by atoms with Gasteiger partial charge >= 0.3 is 0 Å². The van der Waals surface area contributed by atoms with Crippen LogP contribution in [0, 0.1) is 0 Å². The molecule has 2 aliphatic rings. The summed E-state index contributed by atoms with van der Waals surface area (Å²) in [6, 6.07) is 21.5. The Morgan fingerprint density at radius 3 is 2.60 bits per heavy atom. The van der Waals surface area contributed by atoms with Crippen LogP contribution in [0.25, 0.3) is 0 Å². The van der Waals surface area contributed by atoms with Gasteiger partial charge in [-0.15, -0.1) is 0 Å². The van der Waals surface area contributed by atoms with Crippen LogP contribution in [0.1, 0.15) is 42.3 Å². The molecule has 0 unspecified atom stereocenters. The van der Waals surface area contributed by atoms with E-state index in [2.05, 4.69) is 0 Å². The molecule has 0 bridgehead atoms. The fourth-order valence-corrected chi connectivity index (χ4v) is 4.43. The maximum absolute atomic E-state index is 6.51. The molecule has 0 aromatic heterocycles. The van der Waals surface area contributed by atoms with Crippen LogP contribution >= 0.6 is 23.2 Å². The smallest absolute Gasteiger partial charge is 0.215 e. The molecule has 4 nitrogen and oxygen atoms in total. The van der Waals surface area contributed by atoms with Crippen molar-refractivity contribution in [2.24, 2.45) is 5.10 Å². The van der Waals surface area contributed by atoms with Gasteiger partial charge in [0, 0.05) is 27.6 Å². The zero-order valence-electron chi connectivity index (χ0n) is 16.4. The van der Waals surface area contributed by atoms with Crippen molar-refractivity contribution in [1.82, 2.24) is 5.01 Å². The summed E-state index contributed by atoms with van der Waals surface area (Å²) >= 11 is 12.8. The molecule has 0 radical (unpaired) electrons. The summed E-state index contributed by atoms with van der Waals surface area (Å²) < 4.78 is 11.9. The van der Waals surface area contributed by atoms with Crippen molar-refractivity contribution < 1.29 is 9.47 Å². The first-order valence-corrected chi connectivity index (χ1v) is 10.7. The van der Waals surface area contributed by atoms with Crippen molar-refractivity contribution in [3.05, 3.63) is 93.5 Å². The highest BCUT2D eigenvalue weighted by atomic mass is 35.5.